The molecule has 3 heteroatoms. The van der Waals surface area contributed by atoms with Crippen LogP contribution in [-0.4, -0.2) is 23.3 Å². The summed E-state index contributed by atoms with van der Waals surface area (Å²) in [6, 6.07) is 10.0. The fourth-order valence-electron chi connectivity index (χ4n) is 3.64. The van der Waals surface area contributed by atoms with Crippen LogP contribution in [-0.2, 0) is 9.53 Å². The topological polar surface area (TPSA) is 46.5 Å². The molecule has 1 unspecified atom stereocenters. The zero-order chi connectivity index (χ0) is 20.1. The van der Waals surface area contributed by atoms with Crippen molar-refractivity contribution >= 4 is 11.5 Å². The molecule has 1 aliphatic carbocycles. The van der Waals surface area contributed by atoms with Gasteiger partial charge in [-0.25, -0.2) is 4.79 Å². The first-order chi connectivity index (χ1) is 13.7. The van der Waals surface area contributed by atoms with E-state index < -0.39 is 11.6 Å². The lowest BCUT2D eigenvalue weighted by atomic mass is 9.89. The first kappa shape index (κ1) is 22.4. The highest BCUT2D eigenvalue weighted by atomic mass is 16.5. The van der Waals surface area contributed by atoms with Crippen molar-refractivity contribution in [2.75, 3.05) is 6.61 Å². The highest BCUT2D eigenvalue weighted by molar-refractivity contribution is 5.85. The minimum Gasteiger partial charge on any atom is -0.479 e. The number of carboxylic acid groups (broad SMARTS) is 1. The maximum atomic E-state index is 11.8. The zero-order valence-electron chi connectivity index (χ0n) is 17.4. The molecule has 1 aliphatic rings. The van der Waals surface area contributed by atoms with Gasteiger partial charge in [-0.2, -0.15) is 0 Å². The minimum absolute atomic E-state index is 0.376. The Morgan fingerprint density at radius 2 is 1.57 bits per heavy atom. The van der Waals surface area contributed by atoms with Crippen molar-refractivity contribution in [3.05, 3.63) is 54.1 Å². The number of unbranched alkanes of at least 4 members (excludes halogenated alkanes) is 9. The van der Waals surface area contributed by atoms with Gasteiger partial charge in [0.15, 0.2) is 5.60 Å². The molecule has 0 bridgehead atoms. The quantitative estimate of drug-likeness (QED) is 0.359. The van der Waals surface area contributed by atoms with Gasteiger partial charge in [0.1, 0.15) is 0 Å². The molecular formula is C25H36O3. The smallest absolute Gasteiger partial charge is 0.340 e. The predicted octanol–water partition coefficient (Wildman–Crippen LogP) is 6.79. The van der Waals surface area contributed by atoms with Gasteiger partial charge in [-0.15, -0.1) is 0 Å². The summed E-state index contributed by atoms with van der Waals surface area (Å²) < 4.78 is 5.86. The van der Waals surface area contributed by atoms with Crippen molar-refractivity contribution < 1.29 is 14.6 Å². The van der Waals surface area contributed by atoms with Gasteiger partial charge in [0, 0.05) is 13.0 Å². The van der Waals surface area contributed by atoms with Crippen LogP contribution in [0.2, 0.25) is 0 Å². The first-order valence-electron chi connectivity index (χ1n) is 11.0. The Morgan fingerprint density at radius 3 is 2.11 bits per heavy atom. The highest BCUT2D eigenvalue weighted by Gasteiger charge is 2.37. The van der Waals surface area contributed by atoms with Crippen LogP contribution in [0.25, 0.3) is 5.57 Å². The van der Waals surface area contributed by atoms with Crippen LogP contribution in [0.3, 0.4) is 0 Å². The van der Waals surface area contributed by atoms with Crippen molar-refractivity contribution in [2.24, 2.45) is 0 Å². The van der Waals surface area contributed by atoms with E-state index >= 15 is 0 Å². The van der Waals surface area contributed by atoms with E-state index in [0.29, 0.717) is 13.0 Å². The average Bonchev–Trinajstić information content (AvgIpc) is 2.73. The Labute approximate surface area is 170 Å². The molecule has 1 N–H and O–H groups in total. The van der Waals surface area contributed by atoms with E-state index in [2.05, 4.69) is 6.92 Å². The largest absolute Gasteiger partial charge is 0.479 e. The van der Waals surface area contributed by atoms with Crippen LogP contribution >= 0.6 is 0 Å². The predicted molar refractivity (Wildman–Crippen MR) is 116 cm³/mol. The van der Waals surface area contributed by atoms with Gasteiger partial charge >= 0.3 is 5.97 Å². The molecular weight excluding hydrogens is 348 g/mol. The summed E-state index contributed by atoms with van der Waals surface area (Å²) in [5, 5.41) is 9.70. The monoisotopic (exact) mass is 384 g/mol. The molecule has 0 aromatic heterocycles. The molecule has 0 spiro atoms. The molecule has 0 saturated carbocycles. The lowest BCUT2D eigenvalue weighted by Crippen LogP contribution is -2.40. The number of hydrogen-bond donors (Lipinski definition) is 1. The third kappa shape index (κ3) is 7.27. The third-order valence-electron chi connectivity index (χ3n) is 5.48. The van der Waals surface area contributed by atoms with E-state index in [9.17, 15) is 9.90 Å². The number of carboxylic acids is 1. The van der Waals surface area contributed by atoms with Gasteiger partial charge in [-0.05, 0) is 23.6 Å². The lowest BCUT2D eigenvalue weighted by molar-refractivity contribution is -0.159. The number of aliphatic carboxylic acids is 1. The fraction of sp³-hybridized carbons (Fsp3) is 0.560. The Morgan fingerprint density at radius 1 is 0.964 bits per heavy atom. The average molecular weight is 385 g/mol. The van der Waals surface area contributed by atoms with Gasteiger partial charge in [0.2, 0.25) is 0 Å². The Bertz CT molecular complexity index is 632. The normalized spacial score (nSPS) is 18.8. The summed E-state index contributed by atoms with van der Waals surface area (Å²) in [4.78, 5) is 11.8. The van der Waals surface area contributed by atoms with Crippen molar-refractivity contribution in [3.8, 4) is 0 Å². The van der Waals surface area contributed by atoms with Crippen molar-refractivity contribution in [3.63, 3.8) is 0 Å². The van der Waals surface area contributed by atoms with Crippen molar-refractivity contribution in [2.45, 2.75) is 83.2 Å². The number of hydrogen-bond acceptors (Lipinski definition) is 2. The van der Waals surface area contributed by atoms with Crippen LogP contribution in [0, 0.1) is 0 Å². The number of rotatable bonds is 14. The van der Waals surface area contributed by atoms with E-state index in [-0.39, 0.29) is 0 Å². The molecule has 28 heavy (non-hydrogen) atoms. The van der Waals surface area contributed by atoms with E-state index in [1.54, 1.807) is 6.08 Å². The summed E-state index contributed by atoms with van der Waals surface area (Å²) in [7, 11) is 0. The second-order valence-electron chi connectivity index (χ2n) is 7.79. The van der Waals surface area contributed by atoms with E-state index in [4.69, 9.17) is 4.74 Å². The fourth-order valence-corrected chi connectivity index (χ4v) is 3.64. The maximum absolute atomic E-state index is 11.8. The van der Waals surface area contributed by atoms with Crippen molar-refractivity contribution in [1.82, 2.24) is 0 Å². The number of allylic oxidation sites excluding steroid dienone is 2. The van der Waals surface area contributed by atoms with Crippen molar-refractivity contribution in [1.29, 1.82) is 0 Å². The summed E-state index contributed by atoms with van der Waals surface area (Å²) in [5.41, 5.74) is 0.949. The number of carbonyl (C=O) groups is 1. The van der Waals surface area contributed by atoms with Crippen LogP contribution in [0.5, 0.6) is 0 Å². The molecule has 0 radical (unpaired) electrons. The number of benzene rings is 1. The van der Waals surface area contributed by atoms with Crippen LogP contribution in [0.15, 0.2) is 48.6 Å². The van der Waals surface area contributed by atoms with E-state index in [0.717, 1.165) is 24.0 Å². The van der Waals surface area contributed by atoms with Gasteiger partial charge in [-0.3, -0.25) is 0 Å². The van der Waals surface area contributed by atoms with E-state index in [1.807, 2.05) is 42.5 Å². The third-order valence-corrected chi connectivity index (χ3v) is 5.48. The molecule has 0 fully saturated rings. The molecule has 154 valence electrons. The second kappa shape index (κ2) is 12.6. The molecule has 0 saturated heterocycles. The Kier molecular flexibility index (Phi) is 10.1. The number of ether oxygens (including phenoxy) is 1. The molecule has 1 atom stereocenters. The SMILES string of the molecule is CCCCCCCCCCCCOC1(C(=O)O)C=CC(c2ccccc2)=CC1. The van der Waals surface area contributed by atoms with Crippen LogP contribution in [0.4, 0.5) is 0 Å². The Hall–Kier alpha value is -1.87. The highest BCUT2D eigenvalue weighted by Crippen LogP contribution is 2.30. The molecule has 0 aliphatic heterocycles. The zero-order valence-corrected chi connectivity index (χ0v) is 17.4. The molecule has 1 aromatic carbocycles. The molecule has 0 heterocycles. The molecule has 3 nitrogen and oxygen atoms in total. The van der Waals surface area contributed by atoms with E-state index in [1.165, 1.54) is 51.4 Å². The van der Waals surface area contributed by atoms with Crippen LogP contribution in [0.1, 0.15) is 83.1 Å². The van der Waals surface area contributed by atoms with Crippen LogP contribution < -0.4 is 0 Å². The summed E-state index contributed by atoms with van der Waals surface area (Å²) in [5.74, 6) is -0.904. The van der Waals surface area contributed by atoms with Gasteiger partial charge < -0.3 is 9.84 Å². The summed E-state index contributed by atoms with van der Waals surface area (Å²) >= 11 is 0. The summed E-state index contributed by atoms with van der Waals surface area (Å²) in [6.45, 7) is 2.75. The minimum atomic E-state index is -1.21. The van der Waals surface area contributed by atoms with Gasteiger partial charge in [0.25, 0.3) is 0 Å². The molecule has 0 amide bonds. The Balaban J connectivity index is 1.65. The standard InChI is InChI=1S/C25H36O3/c1-2-3-4-5-6-7-8-9-10-14-21-28-25(24(26)27)19-17-23(18-20-25)22-15-12-11-13-16-22/h11-13,15-19H,2-10,14,20-21H2,1H3,(H,26,27). The lowest BCUT2D eigenvalue weighted by Gasteiger charge is -2.28. The second-order valence-corrected chi connectivity index (χ2v) is 7.79. The van der Waals surface area contributed by atoms with Gasteiger partial charge in [-0.1, -0.05) is 107 Å². The van der Waals surface area contributed by atoms with Gasteiger partial charge in [0.05, 0.1) is 0 Å². The molecule has 2 rings (SSSR count). The molecule has 1 aromatic rings. The summed E-state index contributed by atoms with van der Waals surface area (Å²) in [6.07, 6.45) is 18.5. The first-order valence-corrected chi connectivity index (χ1v) is 11.0. The maximum Gasteiger partial charge on any atom is 0.340 e.